The maximum Gasteiger partial charge on any atom is 0.121 e. The van der Waals surface area contributed by atoms with E-state index < -0.39 is 0 Å². The number of hydrogen-bond donors (Lipinski definition) is 0. The zero-order chi connectivity index (χ0) is 12.9. The fourth-order valence-corrected chi connectivity index (χ4v) is 5.63. The lowest BCUT2D eigenvalue weighted by Gasteiger charge is -2.32. The van der Waals surface area contributed by atoms with E-state index in [0.717, 1.165) is 23.7 Å². The van der Waals surface area contributed by atoms with Gasteiger partial charge < -0.3 is 4.74 Å². The van der Waals surface area contributed by atoms with Gasteiger partial charge in [0.05, 0.1) is 5.60 Å². The summed E-state index contributed by atoms with van der Waals surface area (Å²) in [6.45, 7) is 0. The first-order chi connectivity index (χ1) is 9.31. The molecule has 0 amide bonds. The number of hydrogen-bond acceptors (Lipinski definition) is 1. The molecule has 5 atom stereocenters. The fraction of sp³-hybridized carbons (Fsp3) is 0.647. The average molecular weight is 277 g/mol. The van der Waals surface area contributed by atoms with Crippen molar-refractivity contribution in [2.45, 2.75) is 37.7 Å². The maximum absolute atomic E-state index is 6.05. The summed E-state index contributed by atoms with van der Waals surface area (Å²) < 4.78 is 6.05. The second-order valence-corrected chi connectivity index (χ2v) is 7.00. The molecule has 1 aromatic rings. The van der Waals surface area contributed by atoms with E-state index in [1.54, 1.807) is 0 Å². The molecule has 4 bridgehead atoms. The lowest BCUT2D eigenvalue weighted by Crippen LogP contribution is -2.34. The lowest BCUT2D eigenvalue weighted by molar-refractivity contribution is -0.0475. The van der Waals surface area contributed by atoms with Crippen LogP contribution in [0.15, 0.2) is 30.3 Å². The van der Waals surface area contributed by atoms with E-state index in [1.165, 1.54) is 37.7 Å². The average Bonchev–Trinajstić information content (AvgIpc) is 2.77. The van der Waals surface area contributed by atoms with Gasteiger partial charge in [-0.2, -0.15) is 0 Å². The largest absolute Gasteiger partial charge is 0.359 e. The van der Waals surface area contributed by atoms with Gasteiger partial charge in [-0.15, -0.1) is 0 Å². The molecule has 4 aliphatic rings. The summed E-state index contributed by atoms with van der Waals surface area (Å²) in [5.41, 5.74) is 1.64. The molecule has 0 aliphatic heterocycles. The van der Waals surface area contributed by atoms with Crippen molar-refractivity contribution in [3.8, 4) is 0 Å². The van der Waals surface area contributed by atoms with Crippen LogP contribution >= 0.6 is 11.6 Å². The van der Waals surface area contributed by atoms with Crippen molar-refractivity contribution in [1.29, 1.82) is 0 Å². The first kappa shape index (κ1) is 12.2. The van der Waals surface area contributed by atoms with E-state index in [9.17, 15) is 0 Å². The van der Waals surface area contributed by atoms with Gasteiger partial charge >= 0.3 is 0 Å². The molecule has 2 heteroatoms. The molecule has 0 aromatic heterocycles. The second kappa shape index (κ2) is 4.49. The second-order valence-electron chi connectivity index (χ2n) is 6.78. The van der Waals surface area contributed by atoms with Crippen LogP contribution < -0.4 is 0 Å². The summed E-state index contributed by atoms with van der Waals surface area (Å²) in [7, 11) is 0. The van der Waals surface area contributed by atoms with E-state index in [1.807, 2.05) is 0 Å². The van der Waals surface area contributed by atoms with Crippen molar-refractivity contribution in [3.05, 3.63) is 35.9 Å². The Bertz CT molecular complexity index is 460. The first-order valence-corrected chi connectivity index (χ1v) is 8.08. The molecule has 5 unspecified atom stereocenters. The number of halogens is 1. The number of ether oxygens (including phenoxy) is 1. The normalized spacial score (nSPS) is 43.0. The van der Waals surface area contributed by atoms with Crippen LogP contribution in [0, 0.1) is 23.7 Å². The Morgan fingerprint density at radius 1 is 1.16 bits per heavy atom. The monoisotopic (exact) mass is 276 g/mol. The van der Waals surface area contributed by atoms with Gasteiger partial charge in [-0.05, 0) is 61.3 Å². The first-order valence-electron chi connectivity index (χ1n) is 7.54. The van der Waals surface area contributed by atoms with Crippen LogP contribution in [0.2, 0.25) is 0 Å². The summed E-state index contributed by atoms with van der Waals surface area (Å²) in [6, 6.07) is 11.3. The highest BCUT2D eigenvalue weighted by molar-refractivity contribution is 6.17. The van der Waals surface area contributed by atoms with Crippen molar-refractivity contribution in [1.82, 2.24) is 0 Å². The van der Waals surface area contributed by atoms with Gasteiger partial charge in [0.25, 0.3) is 0 Å². The van der Waals surface area contributed by atoms with Crippen LogP contribution in [0.25, 0.3) is 0 Å². The molecule has 102 valence electrons. The fourth-order valence-electron chi connectivity index (χ4n) is 5.42. The minimum Gasteiger partial charge on any atom is -0.359 e. The summed E-state index contributed by atoms with van der Waals surface area (Å²) in [5.74, 6) is 3.37. The predicted octanol–water partition coefficient (Wildman–Crippen LogP) is 4.25. The van der Waals surface area contributed by atoms with Gasteiger partial charge in [0.1, 0.15) is 6.07 Å². The molecule has 1 aromatic carbocycles. The van der Waals surface area contributed by atoms with Gasteiger partial charge in [-0.25, -0.2) is 0 Å². The number of benzene rings is 1. The summed E-state index contributed by atoms with van der Waals surface area (Å²) >= 11 is 5.89. The van der Waals surface area contributed by atoms with Crippen molar-refractivity contribution in [2.24, 2.45) is 23.7 Å². The van der Waals surface area contributed by atoms with Gasteiger partial charge in [-0.3, -0.25) is 0 Å². The Hall–Kier alpha value is -0.530. The van der Waals surface area contributed by atoms with Crippen LogP contribution in [0.4, 0.5) is 0 Å². The molecule has 0 radical (unpaired) electrons. The van der Waals surface area contributed by atoms with Crippen LogP contribution in [-0.2, 0) is 11.2 Å². The third-order valence-electron chi connectivity index (χ3n) is 5.92. The molecule has 0 saturated heterocycles. The van der Waals surface area contributed by atoms with Gasteiger partial charge in [0, 0.05) is 0 Å². The van der Waals surface area contributed by atoms with Crippen LogP contribution in [0.3, 0.4) is 0 Å². The van der Waals surface area contributed by atoms with Crippen molar-refractivity contribution in [2.75, 3.05) is 6.07 Å². The predicted molar refractivity (Wildman–Crippen MR) is 77.1 cm³/mol. The Morgan fingerprint density at radius 2 is 2.00 bits per heavy atom. The van der Waals surface area contributed by atoms with Crippen LogP contribution in [0.5, 0.6) is 0 Å². The van der Waals surface area contributed by atoms with E-state index >= 15 is 0 Å². The van der Waals surface area contributed by atoms with Gasteiger partial charge in [0.2, 0.25) is 0 Å². The smallest absolute Gasteiger partial charge is 0.121 e. The van der Waals surface area contributed by atoms with E-state index in [2.05, 4.69) is 30.3 Å². The minimum atomic E-state index is 0.148. The highest BCUT2D eigenvalue weighted by Gasteiger charge is 2.62. The summed E-state index contributed by atoms with van der Waals surface area (Å²) in [5, 5.41) is 0. The molecule has 5 rings (SSSR count). The molecule has 0 N–H and O–H groups in total. The standard InChI is InChI=1S/C17H21ClO/c18-11-19-17-9-13-6-14(10-17)15(16(17)8-13)7-12-4-2-1-3-5-12/h1-5,13-16H,6-11H2. The summed E-state index contributed by atoms with van der Waals surface area (Å²) in [6.07, 6.45) is 6.58. The highest BCUT2D eigenvalue weighted by Crippen LogP contribution is 2.65. The topological polar surface area (TPSA) is 9.23 Å². The Kier molecular flexibility index (Phi) is 2.89. The Labute approximate surface area is 120 Å². The van der Waals surface area contributed by atoms with Crippen molar-refractivity contribution < 1.29 is 4.74 Å². The molecule has 19 heavy (non-hydrogen) atoms. The summed E-state index contributed by atoms with van der Waals surface area (Å²) in [4.78, 5) is 0. The Balaban J connectivity index is 1.58. The quantitative estimate of drug-likeness (QED) is 0.747. The third kappa shape index (κ3) is 1.86. The molecule has 4 saturated carbocycles. The van der Waals surface area contributed by atoms with E-state index in [4.69, 9.17) is 16.3 Å². The molecule has 4 fully saturated rings. The lowest BCUT2D eigenvalue weighted by atomic mass is 9.73. The zero-order valence-electron chi connectivity index (χ0n) is 11.2. The van der Waals surface area contributed by atoms with Gasteiger partial charge in [-0.1, -0.05) is 41.9 Å². The number of rotatable bonds is 4. The zero-order valence-corrected chi connectivity index (χ0v) is 12.0. The highest BCUT2D eigenvalue weighted by atomic mass is 35.5. The van der Waals surface area contributed by atoms with Crippen molar-refractivity contribution >= 4 is 11.6 Å². The maximum atomic E-state index is 6.05. The molecule has 0 heterocycles. The van der Waals surface area contributed by atoms with E-state index in [0.29, 0.717) is 6.07 Å². The molecule has 0 spiro atoms. The van der Waals surface area contributed by atoms with Crippen LogP contribution in [-0.4, -0.2) is 11.7 Å². The molecule has 1 nitrogen and oxygen atoms in total. The van der Waals surface area contributed by atoms with Crippen molar-refractivity contribution in [3.63, 3.8) is 0 Å². The third-order valence-corrected chi connectivity index (χ3v) is 6.03. The molecular weight excluding hydrogens is 256 g/mol. The Morgan fingerprint density at radius 3 is 2.79 bits per heavy atom. The minimum absolute atomic E-state index is 0.148. The number of alkyl halides is 1. The SMILES string of the molecule is ClCOC12CC3CC(C1)C(Cc1ccccc1)C2C3. The molecule has 4 aliphatic carbocycles. The van der Waals surface area contributed by atoms with Gasteiger partial charge in [0.15, 0.2) is 0 Å². The molecular formula is C17H21ClO. The van der Waals surface area contributed by atoms with E-state index in [-0.39, 0.29) is 5.60 Å². The van der Waals surface area contributed by atoms with Crippen LogP contribution in [0.1, 0.15) is 31.2 Å².